The number of amides is 1. The third-order valence-electron chi connectivity index (χ3n) is 2.85. The summed E-state index contributed by atoms with van der Waals surface area (Å²) in [7, 11) is 0. The topological polar surface area (TPSA) is 69.6 Å². The lowest BCUT2D eigenvalue weighted by Crippen LogP contribution is -2.38. The van der Waals surface area contributed by atoms with Crippen LogP contribution in [-0.2, 0) is 5.60 Å². The molecule has 1 amide bonds. The van der Waals surface area contributed by atoms with Crippen molar-refractivity contribution in [2.75, 3.05) is 6.54 Å². The highest BCUT2D eigenvalue weighted by atomic mass is 32.1. The molecule has 20 heavy (non-hydrogen) atoms. The van der Waals surface area contributed by atoms with Crippen LogP contribution in [0.25, 0.3) is 0 Å². The van der Waals surface area contributed by atoms with Crippen LogP contribution in [0.2, 0.25) is 0 Å². The Labute approximate surface area is 119 Å². The molecule has 4 nitrogen and oxygen atoms in total. The van der Waals surface area contributed by atoms with Crippen LogP contribution in [0, 0.1) is 5.82 Å². The van der Waals surface area contributed by atoms with Crippen molar-refractivity contribution in [3.8, 4) is 5.75 Å². The monoisotopic (exact) mass is 295 g/mol. The highest BCUT2D eigenvalue weighted by molar-refractivity contribution is 7.10. The van der Waals surface area contributed by atoms with Gasteiger partial charge in [0.25, 0.3) is 5.91 Å². The molecule has 106 valence electrons. The molecule has 0 bridgehead atoms. The molecule has 0 aliphatic heterocycles. The minimum Gasteiger partial charge on any atom is -0.507 e. The SMILES string of the molecule is CC(O)(CNC(=O)c1cc(F)ccc1O)c1cccs1. The van der Waals surface area contributed by atoms with Gasteiger partial charge in [-0.3, -0.25) is 4.79 Å². The van der Waals surface area contributed by atoms with Gasteiger partial charge in [0.15, 0.2) is 0 Å². The van der Waals surface area contributed by atoms with E-state index >= 15 is 0 Å². The maximum absolute atomic E-state index is 13.1. The van der Waals surface area contributed by atoms with Gasteiger partial charge in [-0.15, -0.1) is 11.3 Å². The van der Waals surface area contributed by atoms with Crippen LogP contribution in [0.5, 0.6) is 5.75 Å². The zero-order valence-corrected chi connectivity index (χ0v) is 11.6. The molecule has 0 fully saturated rings. The van der Waals surface area contributed by atoms with E-state index in [-0.39, 0.29) is 17.9 Å². The summed E-state index contributed by atoms with van der Waals surface area (Å²) in [6.45, 7) is 1.53. The number of hydrogen-bond donors (Lipinski definition) is 3. The van der Waals surface area contributed by atoms with Gasteiger partial charge in [0.1, 0.15) is 17.2 Å². The molecule has 1 aromatic carbocycles. The quantitative estimate of drug-likeness (QED) is 0.810. The van der Waals surface area contributed by atoms with Crippen molar-refractivity contribution in [1.82, 2.24) is 5.32 Å². The summed E-state index contributed by atoms with van der Waals surface area (Å²) < 4.78 is 13.1. The number of aliphatic hydroxyl groups is 1. The number of carbonyl (C=O) groups is 1. The van der Waals surface area contributed by atoms with E-state index in [0.717, 1.165) is 18.2 Å². The van der Waals surface area contributed by atoms with Crippen LogP contribution in [0.15, 0.2) is 35.7 Å². The molecule has 0 spiro atoms. The predicted octanol–water partition coefficient (Wildman–Crippen LogP) is 2.23. The van der Waals surface area contributed by atoms with E-state index in [2.05, 4.69) is 5.32 Å². The molecule has 1 heterocycles. The summed E-state index contributed by atoms with van der Waals surface area (Å²) in [4.78, 5) is 12.6. The number of carbonyl (C=O) groups excluding carboxylic acids is 1. The van der Waals surface area contributed by atoms with Crippen molar-refractivity contribution in [2.24, 2.45) is 0 Å². The molecule has 1 aromatic heterocycles. The smallest absolute Gasteiger partial charge is 0.255 e. The molecule has 0 radical (unpaired) electrons. The Balaban J connectivity index is 2.07. The molecule has 0 aliphatic rings. The van der Waals surface area contributed by atoms with Crippen molar-refractivity contribution < 1.29 is 19.4 Å². The molecule has 0 saturated carbocycles. The Kier molecular flexibility index (Phi) is 4.06. The number of phenols is 1. The van der Waals surface area contributed by atoms with E-state index in [1.807, 2.05) is 5.38 Å². The van der Waals surface area contributed by atoms with E-state index in [1.54, 1.807) is 19.1 Å². The first-order valence-electron chi connectivity index (χ1n) is 5.93. The molecule has 0 aliphatic carbocycles. The highest BCUT2D eigenvalue weighted by Crippen LogP contribution is 2.25. The van der Waals surface area contributed by atoms with Gasteiger partial charge in [0.2, 0.25) is 0 Å². The Hall–Kier alpha value is -1.92. The van der Waals surface area contributed by atoms with E-state index < -0.39 is 17.3 Å². The first-order chi connectivity index (χ1) is 9.40. The Bertz CT molecular complexity index is 611. The minimum atomic E-state index is -1.22. The van der Waals surface area contributed by atoms with Crippen LogP contribution >= 0.6 is 11.3 Å². The van der Waals surface area contributed by atoms with Crippen molar-refractivity contribution in [1.29, 1.82) is 0 Å². The van der Waals surface area contributed by atoms with Crippen LogP contribution in [0.1, 0.15) is 22.2 Å². The maximum Gasteiger partial charge on any atom is 0.255 e. The number of rotatable bonds is 4. The molecular weight excluding hydrogens is 281 g/mol. The van der Waals surface area contributed by atoms with Crippen LogP contribution in [0.3, 0.4) is 0 Å². The molecule has 0 saturated heterocycles. The van der Waals surface area contributed by atoms with Gasteiger partial charge in [-0.25, -0.2) is 4.39 Å². The minimum absolute atomic E-state index is 0.0394. The number of thiophene rings is 1. The van der Waals surface area contributed by atoms with E-state index in [1.165, 1.54) is 11.3 Å². The van der Waals surface area contributed by atoms with E-state index in [0.29, 0.717) is 4.88 Å². The van der Waals surface area contributed by atoms with Crippen molar-refractivity contribution in [2.45, 2.75) is 12.5 Å². The van der Waals surface area contributed by atoms with Crippen molar-refractivity contribution >= 4 is 17.2 Å². The fraction of sp³-hybridized carbons (Fsp3) is 0.214. The second-order valence-corrected chi connectivity index (χ2v) is 5.54. The van der Waals surface area contributed by atoms with Crippen LogP contribution in [0.4, 0.5) is 4.39 Å². The average molecular weight is 295 g/mol. The van der Waals surface area contributed by atoms with Gasteiger partial charge in [0, 0.05) is 4.88 Å². The van der Waals surface area contributed by atoms with Gasteiger partial charge in [0.05, 0.1) is 12.1 Å². The first kappa shape index (κ1) is 14.5. The molecular formula is C14H14FNO3S. The third-order valence-corrected chi connectivity index (χ3v) is 3.97. The molecule has 1 atom stereocenters. The van der Waals surface area contributed by atoms with Gasteiger partial charge in [-0.05, 0) is 36.6 Å². The second kappa shape index (κ2) is 5.60. The Morgan fingerprint density at radius 1 is 1.45 bits per heavy atom. The van der Waals surface area contributed by atoms with Gasteiger partial charge in [-0.1, -0.05) is 6.07 Å². The lowest BCUT2D eigenvalue weighted by atomic mass is 10.0. The third kappa shape index (κ3) is 3.15. The molecule has 1 unspecified atom stereocenters. The second-order valence-electron chi connectivity index (χ2n) is 4.60. The average Bonchev–Trinajstić information content (AvgIpc) is 2.93. The molecule has 6 heteroatoms. The van der Waals surface area contributed by atoms with E-state index in [4.69, 9.17) is 0 Å². The van der Waals surface area contributed by atoms with Crippen molar-refractivity contribution in [3.05, 3.63) is 52.0 Å². The fourth-order valence-electron chi connectivity index (χ4n) is 1.71. The Morgan fingerprint density at radius 2 is 2.20 bits per heavy atom. The molecule has 3 N–H and O–H groups in total. The maximum atomic E-state index is 13.1. The molecule has 2 aromatic rings. The fourth-order valence-corrected chi connectivity index (χ4v) is 2.50. The number of hydrogen-bond acceptors (Lipinski definition) is 4. The number of halogens is 1. The van der Waals surface area contributed by atoms with Crippen molar-refractivity contribution in [3.63, 3.8) is 0 Å². The summed E-state index contributed by atoms with van der Waals surface area (Å²) in [5.74, 6) is -1.56. The molecule has 2 rings (SSSR count). The standard InChI is InChI=1S/C14H14FNO3S/c1-14(19,12-3-2-6-20-12)8-16-13(18)10-7-9(15)4-5-11(10)17/h2-7,17,19H,8H2,1H3,(H,16,18). The largest absolute Gasteiger partial charge is 0.507 e. The van der Waals surface area contributed by atoms with Gasteiger partial charge < -0.3 is 15.5 Å². The van der Waals surface area contributed by atoms with Crippen LogP contribution < -0.4 is 5.32 Å². The zero-order valence-electron chi connectivity index (χ0n) is 10.8. The van der Waals surface area contributed by atoms with E-state index in [9.17, 15) is 19.4 Å². The summed E-state index contributed by atoms with van der Waals surface area (Å²) in [6.07, 6.45) is 0. The summed E-state index contributed by atoms with van der Waals surface area (Å²) in [5.41, 5.74) is -1.38. The summed E-state index contributed by atoms with van der Waals surface area (Å²) in [6, 6.07) is 6.69. The lowest BCUT2D eigenvalue weighted by Gasteiger charge is -2.22. The normalized spacial score (nSPS) is 13.8. The number of benzene rings is 1. The van der Waals surface area contributed by atoms with Crippen LogP contribution in [-0.4, -0.2) is 22.7 Å². The summed E-state index contributed by atoms with van der Waals surface area (Å²) >= 11 is 1.37. The number of nitrogens with one attached hydrogen (secondary N) is 1. The zero-order chi connectivity index (χ0) is 14.8. The summed E-state index contributed by atoms with van der Waals surface area (Å²) in [5, 5.41) is 24.1. The van der Waals surface area contributed by atoms with Gasteiger partial charge in [-0.2, -0.15) is 0 Å². The predicted molar refractivity (Wildman–Crippen MR) is 74.3 cm³/mol. The lowest BCUT2D eigenvalue weighted by molar-refractivity contribution is 0.0555. The highest BCUT2D eigenvalue weighted by Gasteiger charge is 2.25. The Morgan fingerprint density at radius 3 is 2.85 bits per heavy atom. The van der Waals surface area contributed by atoms with Gasteiger partial charge >= 0.3 is 0 Å². The number of phenolic OH excluding ortho intramolecular Hbond substituents is 1. The first-order valence-corrected chi connectivity index (χ1v) is 6.81. The number of aromatic hydroxyl groups is 1.